The number of imidazole rings is 1. The van der Waals surface area contributed by atoms with Crippen LogP contribution < -0.4 is 0 Å². The predicted octanol–water partition coefficient (Wildman–Crippen LogP) is 6.70. The lowest BCUT2D eigenvalue weighted by molar-refractivity contribution is -0.164. The maximum atomic E-state index is 13.2. The van der Waals surface area contributed by atoms with Crippen LogP contribution in [0, 0.1) is 5.92 Å². The van der Waals surface area contributed by atoms with E-state index in [-0.39, 0.29) is 22.0 Å². The summed E-state index contributed by atoms with van der Waals surface area (Å²) < 4.78 is 6.11. The molecule has 1 aliphatic rings. The highest BCUT2D eigenvalue weighted by atomic mass is 32.2. The van der Waals surface area contributed by atoms with Gasteiger partial charge < -0.3 is 14.8 Å². The van der Waals surface area contributed by atoms with E-state index in [1.165, 1.54) is 17.3 Å². The zero-order valence-corrected chi connectivity index (χ0v) is 20.8. The zero-order chi connectivity index (χ0) is 23.8. The standard InChI is InChI=1S/C27H32N2O3S/c1-17(2)27(12-11-18-9-7-6-8-10-18)15-22(30)24(25(31)32-27)33-23-14-21-20(28-16-29-21)13-19(23)26(3,4)5/h6-10,13-14,16-17,30H,11-12,15H2,1-5H3,(H,28,29)/t27-/m0/s1. The molecule has 4 rings (SSSR count). The molecule has 174 valence electrons. The van der Waals surface area contributed by atoms with Crippen molar-refractivity contribution >= 4 is 28.8 Å². The zero-order valence-electron chi connectivity index (χ0n) is 19.9. The largest absolute Gasteiger partial charge is 0.511 e. The molecule has 1 aliphatic heterocycles. The van der Waals surface area contributed by atoms with Crippen molar-refractivity contribution in [1.82, 2.24) is 9.97 Å². The maximum Gasteiger partial charge on any atom is 0.349 e. The molecule has 0 saturated heterocycles. The molecule has 33 heavy (non-hydrogen) atoms. The summed E-state index contributed by atoms with van der Waals surface area (Å²) in [4.78, 5) is 21.9. The van der Waals surface area contributed by atoms with E-state index in [2.05, 4.69) is 48.9 Å². The fourth-order valence-corrected chi connectivity index (χ4v) is 5.52. The van der Waals surface area contributed by atoms with Gasteiger partial charge in [-0.2, -0.15) is 0 Å². The smallest absolute Gasteiger partial charge is 0.349 e. The van der Waals surface area contributed by atoms with Crippen molar-refractivity contribution in [2.45, 2.75) is 69.8 Å². The number of carbonyl (C=O) groups is 1. The molecule has 0 amide bonds. The Morgan fingerprint density at radius 1 is 1.21 bits per heavy atom. The first-order valence-electron chi connectivity index (χ1n) is 11.4. The summed E-state index contributed by atoms with van der Waals surface area (Å²) in [7, 11) is 0. The van der Waals surface area contributed by atoms with Gasteiger partial charge >= 0.3 is 5.97 Å². The maximum absolute atomic E-state index is 13.2. The van der Waals surface area contributed by atoms with Gasteiger partial charge in [0.2, 0.25) is 0 Å². The Morgan fingerprint density at radius 2 is 1.94 bits per heavy atom. The number of hydrogen-bond acceptors (Lipinski definition) is 5. The Balaban J connectivity index is 1.65. The van der Waals surface area contributed by atoms with E-state index < -0.39 is 11.6 Å². The summed E-state index contributed by atoms with van der Waals surface area (Å²) in [6, 6.07) is 14.2. The lowest BCUT2D eigenvalue weighted by Gasteiger charge is -2.40. The number of nitrogens with one attached hydrogen (secondary N) is 1. The first-order chi connectivity index (χ1) is 15.6. The van der Waals surface area contributed by atoms with Gasteiger partial charge in [-0.05, 0) is 47.4 Å². The van der Waals surface area contributed by atoms with E-state index in [4.69, 9.17) is 4.74 Å². The number of aromatic nitrogens is 2. The third-order valence-electron chi connectivity index (χ3n) is 6.48. The second-order valence-corrected chi connectivity index (χ2v) is 11.2. The van der Waals surface area contributed by atoms with Gasteiger partial charge in [-0.15, -0.1) is 0 Å². The number of esters is 1. The Bertz CT molecular complexity index is 1190. The van der Waals surface area contributed by atoms with Crippen molar-refractivity contribution < 1.29 is 14.6 Å². The minimum Gasteiger partial charge on any atom is -0.511 e. The molecule has 3 aromatic rings. The van der Waals surface area contributed by atoms with Crippen LogP contribution in [0.1, 0.15) is 58.6 Å². The van der Waals surface area contributed by atoms with E-state index in [9.17, 15) is 9.90 Å². The summed E-state index contributed by atoms with van der Waals surface area (Å²) >= 11 is 1.28. The minimum atomic E-state index is -0.722. The highest BCUT2D eigenvalue weighted by Crippen LogP contribution is 2.45. The van der Waals surface area contributed by atoms with Gasteiger partial charge in [0.25, 0.3) is 0 Å². The van der Waals surface area contributed by atoms with Crippen molar-refractivity contribution in [1.29, 1.82) is 0 Å². The first-order valence-corrected chi connectivity index (χ1v) is 12.3. The molecule has 0 radical (unpaired) electrons. The molecule has 0 aliphatic carbocycles. The molecule has 5 nitrogen and oxygen atoms in total. The van der Waals surface area contributed by atoms with Gasteiger partial charge in [0.05, 0.1) is 17.4 Å². The predicted molar refractivity (Wildman–Crippen MR) is 133 cm³/mol. The summed E-state index contributed by atoms with van der Waals surface area (Å²) in [5, 5.41) is 11.1. The second kappa shape index (κ2) is 8.90. The first kappa shape index (κ1) is 23.4. The van der Waals surface area contributed by atoms with E-state index in [0.717, 1.165) is 27.9 Å². The van der Waals surface area contributed by atoms with Crippen LogP contribution in [0.15, 0.2) is 64.4 Å². The Morgan fingerprint density at radius 3 is 2.58 bits per heavy atom. The van der Waals surface area contributed by atoms with Crippen LogP contribution in [-0.4, -0.2) is 26.6 Å². The van der Waals surface area contributed by atoms with Gasteiger partial charge in [-0.3, -0.25) is 0 Å². The van der Waals surface area contributed by atoms with Crippen LogP contribution in [0.25, 0.3) is 11.0 Å². The number of benzene rings is 2. The SMILES string of the molecule is CC(C)[C@]1(CCc2ccccc2)CC(O)=C(Sc2cc3nc[nH]c3cc2C(C)(C)C)C(=O)O1. The quantitative estimate of drug-likeness (QED) is 0.397. The monoisotopic (exact) mass is 464 g/mol. The number of cyclic esters (lactones) is 1. The summed E-state index contributed by atoms with van der Waals surface area (Å²) in [5.41, 5.74) is 3.19. The number of aliphatic hydroxyl groups is 1. The normalized spacial score (nSPS) is 19.4. The van der Waals surface area contributed by atoms with Gasteiger partial charge in [0.1, 0.15) is 16.3 Å². The number of ether oxygens (including phenoxy) is 1. The van der Waals surface area contributed by atoms with Gasteiger partial charge in [-0.25, -0.2) is 9.78 Å². The van der Waals surface area contributed by atoms with Crippen molar-refractivity contribution in [2.75, 3.05) is 0 Å². The molecule has 1 aromatic heterocycles. The van der Waals surface area contributed by atoms with Crippen LogP contribution in [0.2, 0.25) is 0 Å². The average molecular weight is 465 g/mol. The number of fused-ring (bicyclic) bond motifs is 1. The topological polar surface area (TPSA) is 75.2 Å². The van der Waals surface area contributed by atoms with Crippen LogP contribution in [0.4, 0.5) is 0 Å². The molecule has 2 heterocycles. The van der Waals surface area contributed by atoms with Crippen molar-refractivity contribution in [2.24, 2.45) is 5.92 Å². The molecule has 0 bridgehead atoms. The lowest BCUT2D eigenvalue weighted by atomic mass is 9.80. The third-order valence-corrected chi connectivity index (χ3v) is 7.65. The van der Waals surface area contributed by atoms with Gasteiger partial charge in [0.15, 0.2) is 0 Å². The number of aryl methyl sites for hydroxylation is 1. The number of H-pyrrole nitrogens is 1. The Kier molecular flexibility index (Phi) is 6.32. The minimum absolute atomic E-state index is 0.0735. The van der Waals surface area contributed by atoms with Crippen molar-refractivity contribution in [3.8, 4) is 0 Å². The molecule has 1 atom stereocenters. The molecule has 0 spiro atoms. The fraction of sp³-hybridized carbons (Fsp3) is 0.407. The molecule has 2 N–H and O–H groups in total. The van der Waals surface area contributed by atoms with Gasteiger partial charge in [0, 0.05) is 11.3 Å². The number of carbonyl (C=O) groups excluding carboxylic acids is 1. The molecule has 0 fully saturated rings. The fourth-order valence-electron chi connectivity index (χ4n) is 4.34. The Labute approximate surface area is 199 Å². The molecule has 0 unspecified atom stereocenters. The average Bonchev–Trinajstić information content (AvgIpc) is 3.22. The molecular weight excluding hydrogens is 432 g/mol. The van der Waals surface area contributed by atoms with Crippen molar-refractivity contribution in [3.63, 3.8) is 0 Å². The van der Waals surface area contributed by atoms with Gasteiger partial charge in [-0.1, -0.05) is 76.7 Å². The summed E-state index contributed by atoms with van der Waals surface area (Å²) in [6.07, 6.45) is 3.43. The van der Waals surface area contributed by atoms with E-state index in [1.807, 2.05) is 38.1 Å². The van der Waals surface area contributed by atoms with Crippen LogP contribution in [0.5, 0.6) is 0 Å². The second-order valence-electron chi connectivity index (χ2n) is 10.2. The molecule has 2 aromatic carbocycles. The number of nitrogens with zero attached hydrogens (tertiary/aromatic N) is 1. The van der Waals surface area contributed by atoms with Crippen LogP contribution in [-0.2, 0) is 21.4 Å². The number of rotatable bonds is 6. The number of aromatic amines is 1. The van der Waals surface area contributed by atoms with E-state index in [1.54, 1.807) is 6.33 Å². The molecule has 6 heteroatoms. The third kappa shape index (κ3) is 4.81. The highest BCUT2D eigenvalue weighted by Gasteiger charge is 2.44. The van der Waals surface area contributed by atoms with E-state index in [0.29, 0.717) is 12.8 Å². The summed E-state index contributed by atoms with van der Waals surface area (Å²) in [6.45, 7) is 10.5. The Hall–Kier alpha value is -2.73. The number of thioether (sulfide) groups is 1. The highest BCUT2D eigenvalue weighted by molar-refractivity contribution is 8.04. The van der Waals surface area contributed by atoms with Crippen LogP contribution >= 0.6 is 11.8 Å². The number of aliphatic hydroxyl groups excluding tert-OH is 1. The molecular formula is C27H32N2O3S. The lowest BCUT2D eigenvalue weighted by Crippen LogP contribution is -2.44. The number of hydrogen-bond donors (Lipinski definition) is 2. The van der Waals surface area contributed by atoms with E-state index >= 15 is 0 Å². The summed E-state index contributed by atoms with van der Waals surface area (Å²) in [5.74, 6) is -0.267. The molecule has 0 saturated carbocycles. The van der Waals surface area contributed by atoms with Crippen LogP contribution in [0.3, 0.4) is 0 Å². The van der Waals surface area contributed by atoms with Crippen molar-refractivity contribution in [3.05, 3.63) is 70.6 Å².